The summed E-state index contributed by atoms with van der Waals surface area (Å²) in [6, 6.07) is 0. The lowest BCUT2D eigenvalue weighted by atomic mass is 10.1. The molecule has 4 N–H and O–H groups in total. The number of phosphoric ester groups is 2. The first-order chi connectivity index (χ1) is 42.2. The molecule has 0 bridgehead atoms. The summed E-state index contributed by atoms with van der Waals surface area (Å²) in [5.74, 6) is -1.63. The molecule has 87 heavy (non-hydrogen) atoms. The molecule has 5 unspecified atom stereocenters. The van der Waals surface area contributed by atoms with Gasteiger partial charge in [0.25, 0.3) is 0 Å². The molecule has 0 aliphatic rings. The highest BCUT2D eigenvalue weighted by Gasteiger charge is 2.29. The second-order valence-electron chi connectivity index (χ2n) is 21.9. The van der Waals surface area contributed by atoms with Gasteiger partial charge in [-0.15, -0.1) is 0 Å². The van der Waals surface area contributed by atoms with Gasteiger partial charge in [0.1, 0.15) is 25.4 Å². The zero-order chi connectivity index (χ0) is 63.8. The van der Waals surface area contributed by atoms with Crippen LogP contribution < -0.4 is 0 Å². The molecular weight excluding hydrogens is 1150 g/mol. The molecule has 0 rings (SSSR count). The fraction of sp³-hybridized carbons (Fsp3) is 0.696. The molecule has 18 heteroatoms. The van der Waals surface area contributed by atoms with E-state index in [0.29, 0.717) is 19.3 Å². The van der Waals surface area contributed by atoms with Gasteiger partial charge in [-0.3, -0.25) is 32.5 Å². The van der Waals surface area contributed by atoms with Crippen molar-refractivity contribution in [2.45, 2.75) is 270 Å². The van der Waals surface area contributed by atoms with Gasteiger partial charge in [-0.25, -0.2) is 9.13 Å². The van der Waals surface area contributed by atoms with Crippen LogP contribution in [0.5, 0.6) is 0 Å². The number of aliphatic hydroxyl groups is 2. The number of carbonyl (C=O) groups excluding carboxylic acids is 3. The zero-order valence-corrected chi connectivity index (χ0v) is 55.7. The normalized spacial score (nSPS) is 15.0. The summed E-state index contributed by atoms with van der Waals surface area (Å²) in [7, 11) is -9.79. The van der Waals surface area contributed by atoms with Crippen molar-refractivity contribution in [2.24, 2.45) is 0 Å². The highest BCUT2D eigenvalue weighted by atomic mass is 31.2. The lowest BCUT2D eigenvalue weighted by Gasteiger charge is -2.21. The van der Waals surface area contributed by atoms with E-state index in [1.807, 2.05) is 0 Å². The van der Waals surface area contributed by atoms with E-state index in [2.05, 4.69) is 130 Å². The summed E-state index contributed by atoms with van der Waals surface area (Å²) in [5, 5.41) is 20.5. The molecule has 0 aromatic carbocycles. The molecular formula is C69H118O16P2. The highest BCUT2D eigenvalue weighted by Crippen LogP contribution is 2.45. The number of phosphoric acid groups is 2. The van der Waals surface area contributed by atoms with Gasteiger partial charge in [-0.1, -0.05) is 214 Å². The summed E-state index contributed by atoms with van der Waals surface area (Å²) < 4.78 is 60.8. The predicted octanol–water partition coefficient (Wildman–Crippen LogP) is 18.1. The topological polar surface area (TPSA) is 231 Å². The Morgan fingerprint density at radius 1 is 0.333 bits per heavy atom. The van der Waals surface area contributed by atoms with Crippen LogP contribution in [0.25, 0.3) is 0 Å². The molecule has 0 radical (unpaired) electrons. The van der Waals surface area contributed by atoms with Crippen molar-refractivity contribution in [3.63, 3.8) is 0 Å². The summed E-state index contributed by atoms with van der Waals surface area (Å²) >= 11 is 0. The van der Waals surface area contributed by atoms with Crippen molar-refractivity contribution >= 4 is 33.6 Å². The van der Waals surface area contributed by atoms with Crippen LogP contribution in [0.15, 0.2) is 109 Å². The minimum Gasteiger partial charge on any atom is -0.463 e. The van der Waals surface area contributed by atoms with Crippen molar-refractivity contribution < 1.29 is 75.8 Å². The maximum Gasteiger partial charge on any atom is 0.472 e. The molecule has 0 saturated carbocycles. The predicted molar refractivity (Wildman–Crippen MR) is 353 cm³/mol. The Morgan fingerprint density at radius 3 is 0.966 bits per heavy atom. The van der Waals surface area contributed by atoms with Gasteiger partial charge in [-0.05, 0) is 128 Å². The lowest BCUT2D eigenvalue weighted by Crippen LogP contribution is -2.30. The third kappa shape index (κ3) is 63.6. The summed E-state index contributed by atoms with van der Waals surface area (Å²) in [4.78, 5) is 58.3. The van der Waals surface area contributed by atoms with Crippen LogP contribution in [0.3, 0.4) is 0 Å². The SMILES string of the molecule is CC/C=C\C/C=C\C/C=C\CCCCCCCC(=O)OCC(COP(=O)(O)OCC(O)COP(=O)(O)OCC(O)COC(=O)CCCCCCC/C=C\C/C=C\C/C=C\C/C=C\CCCCC)OC(=O)CCCCCCC/C=C\C/C=C\CCCCC. The first-order valence-electron chi connectivity index (χ1n) is 33.2. The van der Waals surface area contributed by atoms with Gasteiger partial charge in [0.05, 0.1) is 26.4 Å². The zero-order valence-electron chi connectivity index (χ0n) is 53.9. The molecule has 0 spiro atoms. The molecule has 0 aliphatic heterocycles. The number of esters is 3. The number of carbonyl (C=O) groups is 3. The van der Waals surface area contributed by atoms with Gasteiger partial charge in [0.2, 0.25) is 0 Å². The Hall–Kier alpha value is -3.79. The molecule has 0 saturated heterocycles. The Labute approximate surface area is 526 Å². The smallest absolute Gasteiger partial charge is 0.463 e. The fourth-order valence-electron chi connectivity index (χ4n) is 8.36. The molecule has 500 valence electrons. The van der Waals surface area contributed by atoms with E-state index >= 15 is 0 Å². The highest BCUT2D eigenvalue weighted by molar-refractivity contribution is 7.47. The fourth-order valence-corrected chi connectivity index (χ4v) is 9.95. The quantitative estimate of drug-likeness (QED) is 0.0146. The van der Waals surface area contributed by atoms with Gasteiger partial charge in [0.15, 0.2) is 6.10 Å². The van der Waals surface area contributed by atoms with Gasteiger partial charge < -0.3 is 34.2 Å². The summed E-state index contributed by atoms with van der Waals surface area (Å²) in [5.41, 5.74) is 0. The van der Waals surface area contributed by atoms with Crippen molar-refractivity contribution in [3.8, 4) is 0 Å². The average Bonchev–Trinajstić information content (AvgIpc) is 3.68. The lowest BCUT2D eigenvalue weighted by molar-refractivity contribution is -0.161. The van der Waals surface area contributed by atoms with Crippen LogP contribution in [0.4, 0.5) is 0 Å². The van der Waals surface area contributed by atoms with Crippen LogP contribution >= 0.6 is 15.6 Å². The van der Waals surface area contributed by atoms with Gasteiger partial charge >= 0.3 is 33.6 Å². The first kappa shape index (κ1) is 83.2. The third-order valence-corrected chi connectivity index (χ3v) is 15.4. The molecule has 0 fully saturated rings. The average molecular weight is 1270 g/mol. The van der Waals surface area contributed by atoms with Crippen LogP contribution in [-0.4, -0.2) is 95.9 Å². The number of hydrogen-bond acceptors (Lipinski definition) is 14. The second-order valence-corrected chi connectivity index (χ2v) is 24.8. The number of ether oxygens (including phenoxy) is 3. The third-order valence-electron chi connectivity index (χ3n) is 13.5. The number of allylic oxidation sites excluding steroid dienone is 18. The van der Waals surface area contributed by atoms with E-state index < -0.39 is 91.5 Å². The minimum atomic E-state index is -4.93. The van der Waals surface area contributed by atoms with E-state index in [0.717, 1.165) is 148 Å². The molecule has 0 aromatic heterocycles. The Kier molecular flexibility index (Phi) is 59.7. The second kappa shape index (κ2) is 62.4. The molecule has 5 atom stereocenters. The van der Waals surface area contributed by atoms with Gasteiger partial charge in [0, 0.05) is 19.3 Å². The summed E-state index contributed by atoms with van der Waals surface area (Å²) in [6.45, 7) is 2.43. The van der Waals surface area contributed by atoms with Crippen molar-refractivity contribution in [3.05, 3.63) is 109 Å². The largest absolute Gasteiger partial charge is 0.472 e. The maximum atomic E-state index is 12.9. The molecule has 0 heterocycles. The number of unbranched alkanes of at least 4 members (excludes halogenated alkanes) is 21. The number of rotatable bonds is 62. The molecule has 0 aromatic rings. The Morgan fingerprint density at radius 2 is 0.609 bits per heavy atom. The number of aliphatic hydroxyl groups excluding tert-OH is 2. The van der Waals surface area contributed by atoms with Crippen molar-refractivity contribution in [2.75, 3.05) is 39.6 Å². The maximum absolute atomic E-state index is 12.9. The van der Waals surface area contributed by atoms with Crippen LogP contribution in [0, 0.1) is 0 Å². The van der Waals surface area contributed by atoms with E-state index in [-0.39, 0.29) is 19.3 Å². The van der Waals surface area contributed by atoms with Crippen LogP contribution in [0.2, 0.25) is 0 Å². The number of hydrogen-bond donors (Lipinski definition) is 4. The van der Waals surface area contributed by atoms with Gasteiger partial charge in [-0.2, -0.15) is 0 Å². The summed E-state index contributed by atoms with van der Waals surface area (Å²) in [6.07, 6.45) is 68.5. The van der Waals surface area contributed by atoms with Crippen LogP contribution in [-0.2, 0) is 55.8 Å². The Bertz CT molecular complexity index is 2030. The minimum absolute atomic E-state index is 0.0820. The monoisotopic (exact) mass is 1260 g/mol. The standard InChI is InChI=1S/C69H118O16P2/c1-4-7-10-13-16-19-22-25-28-29-30-31-32-33-36-38-40-43-46-49-52-55-67(72)79-58-64(70)59-81-86(75,76)82-60-65(71)61-83-87(77,78)84-63-66(85-69(74)57-54-51-48-45-42-39-35-27-24-21-18-15-12-9-6-3)62-80-68(73)56-53-50-47-44-41-37-34-26-23-20-17-14-11-8-5-2/h8,11,16-21,25-28,30-31,33-36,64-66,70-71H,4-7,9-10,12-15,22-24,29,32,37-63H2,1-3H3,(H,75,76)(H,77,78)/b11-8-,19-16-,20-17-,21-18-,28-25-,31-30-,34-26-,35-27-,36-33-. The van der Waals surface area contributed by atoms with Crippen molar-refractivity contribution in [1.29, 1.82) is 0 Å². The van der Waals surface area contributed by atoms with E-state index in [9.17, 15) is 43.5 Å². The van der Waals surface area contributed by atoms with E-state index in [1.54, 1.807) is 0 Å². The van der Waals surface area contributed by atoms with Crippen LogP contribution in [0.1, 0.15) is 252 Å². The Balaban J connectivity index is 4.68. The molecule has 16 nitrogen and oxygen atoms in total. The molecule has 0 aliphatic carbocycles. The van der Waals surface area contributed by atoms with Crippen molar-refractivity contribution in [1.82, 2.24) is 0 Å². The molecule has 0 amide bonds. The first-order valence-corrected chi connectivity index (χ1v) is 36.2. The van der Waals surface area contributed by atoms with E-state index in [4.69, 9.17) is 32.3 Å². The van der Waals surface area contributed by atoms with E-state index in [1.165, 1.54) is 44.9 Å².